The van der Waals surface area contributed by atoms with Gasteiger partial charge in [-0.2, -0.15) is 0 Å². The molecule has 102 valence electrons. The van der Waals surface area contributed by atoms with Crippen molar-refractivity contribution in [1.82, 2.24) is 4.98 Å². The summed E-state index contributed by atoms with van der Waals surface area (Å²) in [5.74, 6) is -0.111. The second kappa shape index (κ2) is 7.67. The SMILES string of the molecule is CCCCCCCC[Si](C)(C)c1ncccc1F. The van der Waals surface area contributed by atoms with Crippen LogP contribution in [-0.2, 0) is 0 Å². The van der Waals surface area contributed by atoms with Gasteiger partial charge in [-0.25, -0.2) is 4.39 Å². The van der Waals surface area contributed by atoms with Crippen molar-refractivity contribution in [2.24, 2.45) is 0 Å². The third kappa shape index (κ3) is 4.89. The van der Waals surface area contributed by atoms with E-state index in [0.717, 1.165) is 11.4 Å². The molecule has 0 saturated carbocycles. The molecule has 0 N–H and O–H groups in total. The van der Waals surface area contributed by atoms with Crippen LogP contribution in [0.15, 0.2) is 18.3 Å². The molecule has 0 spiro atoms. The molecule has 1 nitrogen and oxygen atoms in total. The maximum atomic E-state index is 13.7. The fourth-order valence-electron chi connectivity index (χ4n) is 2.35. The van der Waals surface area contributed by atoms with Gasteiger partial charge < -0.3 is 0 Å². The minimum Gasteiger partial charge on any atom is -0.263 e. The predicted molar refractivity (Wildman–Crippen MR) is 79.5 cm³/mol. The number of pyridine rings is 1. The highest BCUT2D eigenvalue weighted by Gasteiger charge is 2.27. The molecule has 0 saturated heterocycles. The number of nitrogens with zero attached hydrogens (tertiary/aromatic N) is 1. The molecule has 0 bridgehead atoms. The van der Waals surface area contributed by atoms with E-state index in [1.165, 1.54) is 38.5 Å². The lowest BCUT2D eigenvalue weighted by atomic mass is 10.1. The molecular weight excluding hydrogens is 241 g/mol. The maximum Gasteiger partial charge on any atom is 0.140 e. The van der Waals surface area contributed by atoms with Gasteiger partial charge in [0.05, 0.1) is 5.32 Å². The summed E-state index contributed by atoms with van der Waals surface area (Å²) >= 11 is 0. The fourth-order valence-corrected chi connectivity index (χ4v) is 4.87. The summed E-state index contributed by atoms with van der Waals surface area (Å²) in [5, 5.41) is 0.749. The lowest BCUT2D eigenvalue weighted by molar-refractivity contribution is 0.620. The highest BCUT2D eigenvalue weighted by atomic mass is 28.3. The van der Waals surface area contributed by atoms with Gasteiger partial charge in [-0.1, -0.05) is 64.6 Å². The molecule has 0 radical (unpaired) electrons. The van der Waals surface area contributed by atoms with Crippen LogP contribution in [0.3, 0.4) is 0 Å². The topological polar surface area (TPSA) is 12.9 Å². The van der Waals surface area contributed by atoms with Crippen molar-refractivity contribution in [3.63, 3.8) is 0 Å². The molecule has 1 rings (SSSR count). The molecular formula is C15H26FNSi. The van der Waals surface area contributed by atoms with Gasteiger partial charge in [0.15, 0.2) is 0 Å². The first-order valence-electron chi connectivity index (χ1n) is 7.19. The van der Waals surface area contributed by atoms with Crippen LogP contribution in [0, 0.1) is 5.82 Å². The second-order valence-corrected chi connectivity index (χ2v) is 10.5. The van der Waals surface area contributed by atoms with E-state index in [1.54, 1.807) is 18.3 Å². The summed E-state index contributed by atoms with van der Waals surface area (Å²) in [7, 11) is -1.68. The zero-order valence-corrected chi connectivity index (χ0v) is 13.0. The van der Waals surface area contributed by atoms with Gasteiger partial charge in [-0.05, 0) is 12.1 Å². The molecule has 0 fully saturated rings. The standard InChI is InChI=1S/C15H26FNSi/c1-4-5-6-7-8-9-13-18(2,3)15-14(16)11-10-12-17-15/h10-12H,4-9,13H2,1-3H3. The first-order valence-corrected chi connectivity index (χ1v) is 10.4. The molecule has 1 aromatic heterocycles. The lowest BCUT2D eigenvalue weighted by Crippen LogP contribution is -2.45. The molecule has 0 atom stereocenters. The Hall–Kier alpha value is -0.703. The van der Waals surface area contributed by atoms with Crippen LogP contribution in [0.4, 0.5) is 4.39 Å². The third-order valence-corrected chi connectivity index (χ3v) is 6.81. The van der Waals surface area contributed by atoms with Crippen molar-refractivity contribution in [2.45, 2.75) is 64.6 Å². The van der Waals surface area contributed by atoms with Crippen molar-refractivity contribution < 1.29 is 4.39 Å². The van der Waals surface area contributed by atoms with E-state index in [2.05, 4.69) is 25.0 Å². The molecule has 0 aliphatic carbocycles. The Bertz CT molecular complexity index is 352. The zero-order chi connectivity index (χ0) is 13.4. The van der Waals surface area contributed by atoms with Crippen molar-refractivity contribution in [3.8, 4) is 0 Å². The van der Waals surface area contributed by atoms with Crippen molar-refractivity contribution in [3.05, 3.63) is 24.1 Å². The normalized spacial score (nSPS) is 11.8. The average Bonchev–Trinajstić information content (AvgIpc) is 2.34. The number of halogens is 1. The Morgan fingerprint density at radius 1 is 1.11 bits per heavy atom. The number of hydrogen-bond acceptors (Lipinski definition) is 1. The van der Waals surface area contributed by atoms with Crippen LogP contribution in [0.25, 0.3) is 0 Å². The highest BCUT2D eigenvalue weighted by Crippen LogP contribution is 2.16. The second-order valence-electron chi connectivity index (χ2n) is 5.74. The summed E-state index contributed by atoms with van der Waals surface area (Å²) in [4.78, 5) is 4.27. The van der Waals surface area contributed by atoms with Crippen LogP contribution >= 0.6 is 0 Å². The first kappa shape index (κ1) is 15.4. The maximum absolute atomic E-state index is 13.7. The van der Waals surface area contributed by atoms with Crippen molar-refractivity contribution >= 4 is 13.4 Å². The van der Waals surface area contributed by atoms with E-state index >= 15 is 0 Å². The van der Waals surface area contributed by atoms with Crippen LogP contribution < -0.4 is 5.32 Å². The molecule has 1 aromatic rings. The number of aromatic nitrogens is 1. The van der Waals surface area contributed by atoms with Crippen LogP contribution in [0.5, 0.6) is 0 Å². The number of hydrogen-bond donors (Lipinski definition) is 0. The van der Waals surface area contributed by atoms with Crippen LogP contribution in [0.1, 0.15) is 45.4 Å². The Morgan fingerprint density at radius 3 is 2.44 bits per heavy atom. The Morgan fingerprint density at radius 2 is 1.78 bits per heavy atom. The van der Waals surface area contributed by atoms with Gasteiger partial charge in [-0.3, -0.25) is 4.98 Å². The summed E-state index contributed by atoms with van der Waals surface area (Å²) in [6.07, 6.45) is 9.52. The Balaban J connectivity index is 2.38. The zero-order valence-electron chi connectivity index (χ0n) is 12.0. The molecule has 0 aliphatic rings. The molecule has 0 aliphatic heterocycles. The fraction of sp³-hybridized carbons (Fsp3) is 0.667. The van der Waals surface area contributed by atoms with Gasteiger partial charge in [0.2, 0.25) is 0 Å². The molecule has 18 heavy (non-hydrogen) atoms. The van der Waals surface area contributed by atoms with E-state index in [9.17, 15) is 4.39 Å². The van der Waals surface area contributed by atoms with Crippen molar-refractivity contribution in [2.75, 3.05) is 0 Å². The highest BCUT2D eigenvalue weighted by molar-refractivity contribution is 6.89. The van der Waals surface area contributed by atoms with E-state index in [1.807, 2.05) is 0 Å². The number of rotatable bonds is 8. The van der Waals surface area contributed by atoms with E-state index in [4.69, 9.17) is 0 Å². The largest absolute Gasteiger partial charge is 0.263 e. The lowest BCUT2D eigenvalue weighted by Gasteiger charge is -2.21. The van der Waals surface area contributed by atoms with Gasteiger partial charge >= 0.3 is 0 Å². The molecule has 0 amide bonds. The average molecular weight is 267 g/mol. The summed E-state index contributed by atoms with van der Waals surface area (Å²) in [5.41, 5.74) is 0. The Labute approximate surface area is 112 Å². The summed E-state index contributed by atoms with van der Waals surface area (Å²) in [6, 6.07) is 4.36. The smallest absolute Gasteiger partial charge is 0.140 e. The molecule has 0 aromatic carbocycles. The summed E-state index contributed by atoms with van der Waals surface area (Å²) < 4.78 is 13.7. The van der Waals surface area contributed by atoms with Gasteiger partial charge in [0, 0.05) is 6.20 Å². The van der Waals surface area contributed by atoms with E-state index in [-0.39, 0.29) is 5.82 Å². The minimum absolute atomic E-state index is 0.111. The van der Waals surface area contributed by atoms with Gasteiger partial charge in [0.25, 0.3) is 0 Å². The van der Waals surface area contributed by atoms with Gasteiger partial charge in [-0.15, -0.1) is 0 Å². The van der Waals surface area contributed by atoms with E-state index in [0.29, 0.717) is 0 Å². The monoisotopic (exact) mass is 267 g/mol. The molecule has 0 unspecified atom stereocenters. The molecule has 3 heteroatoms. The third-order valence-electron chi connectivity index (χ3n) is 3.55. The molecule has 1 heterocycles. The van der Waals surface area contributed by atoms with Crippen LogP contribution in [-0.4, -0.2) is 13.1 Å². The van der Waals surface area contributed by atoms with Gasteiger partial charge in [0.1, 0.15) is 13.9 Å². The first-order chi connectivity index (χ1) is 8.58. The minimum atomic E-state index is -1.68. The quantitative estimate of drug-likeness (QED) is 0.499. The summed E-state index contributed by atoms with van der Waals surface area (Å²) in [6.45, 7) is 6.69. The van der Waals surface area contributed by atoms with Crippen molar-refractivity contribution in [1.29, 1.82) is 0 Å². The predicted octanol–water partition coefficient (Wildman–Crippen LogP) is 4.50. The van der Waals surface area contributed by atoms with Crippen LogP contribution in [0.2, 0.25) is 19.1 Å². The van der Waals surface area contributed by atoms with E-state index < -0.39 is 8.07 Å². The Kier molecular flexibility index (Phi) is 6.54. The number of unbranched alkanes of at least 4 members (excludes halogenated alkanes) is 5.